The van der Waals surface area contributed by atoms with Gasteiger partial charge in [-0.3, -0.25) is 9.59 Å². The summed E-state index contributed by atoms with van der Waals surface area (Å²) < 4.78 is 25.8. The maximum Gasteiger partial charge on any atom is 0.239 e. The summed E-state index contributed by atoms with van der Waals surface area (Å²) in [6.07, 6.45) is 0.386. The molecule has 18 heavy (non-hydrogen) atoms. The highest BCUT2D eigenvalue weighted by Gasteiger charge is 2.35. The van der Waals surface area contributed by atoms with Crippen molar-refractivity contribution in [3.63, 3.8) is 0 Å². The molecule has 1 unspecified atom stereocenters. The molecule has 1 fully saturated rings. The predicted molar refractivity (Wildman–Crippen MR) is 58.5 cm³/mol. The van der Waals surface area contributed by atoms with Gasteiger partial charge in [0.2, 0.25) is 23.7 Å². The third-order valence-electron chi connectivity index (χ3n) is 2.82. The van der Waals surface area contributed by atoms with Crippen LogP contribution in [0, 0.1) is 17.8 Å². The molecule has 0 aliphatic carbocycles. The third-order valence-corrected chi connectivity index (χ3v) is 2.82. The van der Waals surface area contributed by atoms with Crippen LogP contribution in [0.25, 0.3) is 0 Å². The smallest absolute Gasteiger partial charge is 0.239 e. The van der Waals surface area contributed by atoms with Crippen molar-refractivity contribution in [2.75, 3.05) is 18.9 Å². The Morgan fingerprint density at radius 3 is 2.78 bits per heavy atom. The highest BCUT2D eigenvalue weighted by atomic mass is 19.1. The minimum atomic E-state index is -1.11. The Labute approximate surface area is 102 Å². The largest absolute Gasteiger partial charge is 0.345 e. The van der Waals surface area contributed by atoms with Crippen LogP contribution in [0.4, 0.5) is 14.5 Å². The molecule has 2 heterocycles. The molecular weight excluding hydrogens is 244 g/mol. The molecule has 0 radical (unpaired) electrons. The summed E-state index contributed by atoms with van der Waals surface area (Å²) in [4.78, 5) is 27.7. The van der Waals surface area contributed by atoms with E-state index in [1.807, 2.05) is 0 Å². The van der Waals surface area contributed by atoms with Crippen molar-refractivity contribution in [1.82, 2.24) is 9.88 Å². The van der Waals surface area contributed by atoms with E-state index in [1.54, 1.807) is 7.05 Å². The van der Waals surface area contributed by atoms with Crippen LogP contribution in [0.1, 0.15) is 6.42 Å². The summed E-state index contributed by atoms with van der Waals surface area (Å²) in [5.74, 6) is -3.80. The lowest BCUT2D eigenvalue weighted by molar-refractivity contribution is -0.134. The van der Waals surface area contributed by atoms with Crippen molar-refractivity contribution in [2.45, 2.75) is 6.42 Å². The first-order chi connectivity index (χ1) is 8.49. The van der Waals surface area contributed by atoms with Crippen LogP contribution in [-0.2, 0) is 9.59 Å². The molecule has 0 saturated carbocycles. The zero-order chi connectivity index (χ0) is 13.3. The Bertz CT molecular complexity index is 507. The fraction of sp³-hybridized carbons (Fsp3) is 0.364. The minimum Gasteiger partial charge on any atom is -0.345 e. The number of hydrogen-bond donors (Lipinski definition) is 1. The highest BCUT2D eigenvalue weighted by molar-refractivity contribution is 6.07. The number of amides is 2. The van der Waals surface area contributed by atoms with E-state index in [4.69, 9.17) is 0 Å². The van der Waals surface area contributed by atoms with Crippen LogP contribution in [0.15, 0.2) is 12.1 Å². The number of carbonyl (C=O) groups excluding carboxylic acids is 2. The van der Waals surface area contributed by atoms with E-state index in [1.165, 1.54) is 4.90 Å². The van der Waals surface area contributed by atoms with Crippen LogP contribution >= 0.6 is 0 Å². The maximum atomic E-state index is 13.2. The number of anilines is 1. The molecule has 2 rings (SSSR count). The summed E-state index contributed by atoms with van der Waals surface area (Å²) in [6.45, 7) is 0.487. The average Bonchev–Trinajstić information content (AvgIpc) is 2.64. The number of nitrogens with zero attached hydrogens (tertiary/aromatic N) is 2. The van der Waals surface area contributed by atoms with Crippen molar-refractivity contribution in [3.8, 4) is 0 Å². The van der Waals surface area contributed by atoms with Crippen LogP contribution in [0.3, 0.4) is 0 Å². The Kier molecular flexibility index (Phi) is 3.22. The number of halogens is 2. The Morgan fingerprint density at radius 2 is 2.22 bits per heavy atom. The van der Waals surface area contributed by atoms with Crippen molar-refractivity contribution < 1.29 is 18.4 Å². The van der Waals surface area contributed by atoms with Crippen LogP contribution in [0.2, 0.25) is 0 Å². The molecule has 1 N–H and O–H groups in total. The molecule has 1 saturated heterocycles. The predicted octanol–water partition coefficient (Wildman–Crippen LogP) is 0.777. The number of pyridine rings is 1. The SMILES string of the molecule is CN1CCC(C(=O)Nc2ccc(F)nc2F)C1=O. The molecule has 1 atom stereocenters. The van der Waals surface area contributed by atoms with Crippen molar-refractivity contribution in [3.05, 3.63) is 24.0 Å². The fourth-order valence-electron chi connectivity index (χ4n) is 1.79. The Hall–Kier alpha value is -2.05. The fourth-order valence-corrected chi connectivity index (χ4v) is 1.79. The Morgan fingerprint density at radius 1 is 1.50 bits per heavy atom. The van der Waals surface area contributed by atoms with E-state index >= 15 is 0 Å². The molecule has 1 aromatic rings. The number of aromatic nitrogens is 1. The summed E-state index contributed by atoms with van der Waals surface area (Å²) in [5, 5.41) is 2.24. The lowest BCUT2D eigenvalue weighted by atomic mass is 10.1. The average molecular weight is 255 g/mol. The van der Waals surface area contributed by atoms with Crippen LogP contribution < -0.4 is 5.32 Å². The van der Waals surface area contributed by atoms with Crippen molar-refractivity contribution in [2.24, 2.45) is 5.92 Å². The molecule has 1 aliphatic rings. The molecular formula is C11H11F2N3O2. The monoisotopic (exact) mass is 255 g/mol. The molecule has 96 valence electrons. The molecule has 2 amide bonds. The lowest BCUT2D eigenvalue weighted by Gasteiger charge is -2.11. The van der Waals surface area contributed by atoms with Gasteiger partial charge in [-0.05, 0) is 18.6 Å². The number of hydrogen-bond acceptors (Lipinski definition) is 3. The molecule has 0 aromatic carbocycles. The quantitative estimate of drug-likeness (QED) is 0.627. The van der Waals surface area contributed by atoms with Gasteiger partial charge < -0.3 is 10.2 Å². The van der Waals surface area contributed by atoms with Crippen molar-refractivity contribution in [1.29, 1.82) is 0 Å². The van der Waals surface area contributed by atoms with Gasteiger partial charge in [0.15, 0.2) is 0 Å². The van der Waals surface area contributed by atoms with E-state index in [0.717, 1.165) is 12.1 Å². The maximum absolute atomic E-state index is 13.2. The lowest BCUT2D eigenvalue weighted by Crippen LogP contribution is -2.31. The zero-order valence-electron chi connectivity index (χ0n) is 9.61. The van der Waals surface area contributed by atoms with E-state index in [0.29, 0.717) is 13.0 Å². The van der Waals surface area contributed by atoms with E-state index in [9.17, 15) is 18.4 Å². The number of likely N-dealkylation sites (tertiary alicyclic amines) is 1. The summed E-state index contributed by atoms with van der Waals surface area (Å²) in [5.41, 5.74) is -0.233. The normalized spacial score (nSPS) is 19.2. The van der Waals surface area contributed by atoms with Gasteiger partial charge in [0.25, 0.3) is 0 Å². The standard InChI is InChI=1S/C11H11F2N3O2/c1-16-5-4-6(11(16)18)10(17)14-7-2-3-8(12)15-9(7)13/h2-3,6H,4-5H2,1H3,(H,14,17). The van der Waals surface area contributed by atoms with Gasteiger partial charge in [0.05, 0.1) is 5.69 Å². The van der Waals surface area contributed by atoms with Gasteiger partial charge in [-0.15, -0.1) is 0 Å². The number of nitrogens with one attached hydrogen (secondary N) is 1. The van der Waals surface area contributed by atoms with Gasteiger partial charge in [-0.1, -0.05) is 0 Å². The minimum absolute atomic E-state index is 0.233. The third kappa shape index (κ3) is 2.29. The molecule has 5 nitrogen and oxygen atoms in total. The zero-order valence-corrected chi connectivity index (χ0v) is 9.61. The van der Waals surface area contributed by atoms with Gasteiger partial charge in [0.1, 0.15) is 5.92 Å². The second-order valence-electron chi connectivity index (χ2n) is 4.06. The van der Waals surface area contributed by atoms with Crippen molar-refractivity contribution >= 4 is 17.5 Å². The first kappa shape index (κ1) is 12.4. The molecule has 0 bridgehead atoms. The summed E-state index contributed by atoms with van der Waals surface area (Å²) >= 11 is 0. The topological polar surface area (TPSA) is 62.3 Å². The Balaban J connectivity index is 2.10. The second kappa shape index (κ2) is 4.67. The molecule has 7 heteroatoms. The molecule has 1 aliphatic heterocycles. The van der Waals surface area contributed by atoms with Gasteiger partial charge in [-0.25, -0.2) is 0 Å². The van der Waals surface area contributed by atoms with Crippen LogP contribution in [-0.4, -0.2) is 35.3 Å². The van der Waals surface area contributed by atoms with E-state index in [-0.39, 0.29) is 11.6 Å². The summed E-state index contributed by atoms with van der Waals surface area (Å²) in [6, 6.07) is 2.00. The van der Waals surface area contributed by atoms with Gasteiger partial charge in [0, 0.05) is 13.6 Å². The van der Waals surface area contributed by atoms with E-state index in [2.05, 4.69) is 10.3 Å². The first-order valence-corrected chi connectivity index (χ1v) is 5.37. The highest BCUT2D eigenvalue weighted by Crippen LogP contribution is 2.19. The first-order valence-electron chi connectivity index (χ1n) is 5.37. The molecule has 1 aromatic heterocycles. The second-order valence-corrected chi connectivity index (χ2v) is 4.06. The van der Waals surface area contributed by atoms with Gasteiger partial charge >= 0.3 is 0 Å². The summed E-state index contributed by atoms with van der Waals surface area (Å²) in [7, 11) is 1.59. The van der Waals surface area contributed by atoms with Crippen LogP contribution in [0.5, 0.6) is 0 Å². The van der Waals surface area contributed by atoms with Gasteiger partial charge in [-0.2, -0.15) is 13.8 Å². The number of carbonyl (C=O) groups is 2. The van der Waals surface area contributed by atoms with E-state index < -0.39 is 23.7 Å². The number of rotatable bonds is 2. The molecule has 0 spiro atoms.